The number of hydrogen-bond acceptors (Lipinski definition) is 9. The van der Waals surface area contributed by atoms with Gasteiger partial charge in [-0.3, -0.25) is 19.1 Å². The van der Waals surface area contributed by atoms with E-state index >= 15 is 0 Å². The fourth-order valence-electron chi connectivity index (χ4n) is 1.74. The standard InChI is InChI=1S/C15H16FN5O4S2/c1-17-14-18-19-15(26-14)27-20-13(24)11(22)7-12(23)21(25-2)8-9-3-5-10(16)6-4-9/h3-7,22H,8H2,1-2H3,(H,17,18)(H,20,24)/b11-7-. The lowest BCUT2D eigenvalue weighted by molar-refractivity contribution is -0.173. The highest BCUT2D eigenvalue weighted by molar-refractivity contribution is 7.99. The molecule has 0 aliphatic carbocycles. The van der Waals surface area contributed by atoms with Crippen molar-refractivity contribution in [2.24, 2.45) is 0 Å². The number of amides is 2. The summed E-state index contributed by atoms with van der Waals surface area (Å²) in [6.07, 6.45) is 0.724. The van der Waals surface area contributed by atoms with Gasteiger partial charge in [0.1, 0.15) is 5.82 Å². The van der Waals surface area contributed by atoms with Crippen LogP contribution in [0.1, 0.15) is 5.56 Å². The van der Waals surface area contributed by atoms with Crippen LogP contribution in [0.3, 0.4) is 0 Å². The average molecular weight is 413 g/mol. The van der Waals surface area contributed by atoms with E-state index in [2.05, 4.69) is 20.2 Å². The van der Waals surface area contributed by atoms with Gasteiger partial charge in [0, 0.05) is 19.0 Å². The van der Waals surface area contributed by atoms with Gasteiger partial charge in [-0.05, 0) is 17.7 Å². The Morgan fingerprint density at radius 1 is 1.37 bits per heavy atom. The highest BCUT2D eigenvalue weighted by Crippen LogP contribution is 2.22. The van der Waals surface area contributed by atoms with E-state index in [1.807, 2.05) is 0 Å². The van der Waals surface area contributed by atoms with Gasteiger partial charge in [0.2, 0.25) is 5.13 Å². The van der Waals surface area contributed by atoms with Crippen LogP contribution in [0.4, 0.5) is 9.52 Å². The van der Waals surface area contributed by atoms with Gasteiger partial charge >= 0.3 is 0 Å². The van der Waals surface area contributed by atoms with Crippen molar-refractivity contribution in [1.29, 1.82) is 0 Å². The summed E-state index contributed by atoms with van der Waals surface area (Å²) in [7, 11) is 2.94. The predicted molar refractivity (Wildman–Crippen MR) is 98.1 cm³/mol. The number of aliphatic hydroxyl groups is 1. The van der Waals surface area contributed by atoms with Crippen LogP contribution in [-0.2, 0) is 21.0 Å². The van der Waals surface area contributed by atoms with Crippen LogP contribution >= 0.6 is 23.3 Å². The van der Waals surface area contributed by atoms with Gasteiger partial charge < -0.3 is 10.4 Å². The van der Waals surface area contributed by atoms with Crippen LogP contribution in [0, 0.1) is 5.82 Å². The van der Waals surface area contributed by atoms with Gasteiger partial charge in [-0.2, -0.15) is 0 Å². The highest BCUT2D eigenvalue weighted by Gasteiger charge is 2.17. The Balaban J connectivity index is 1.93. The maximum Gasteiger partial charge on any atom is 0.296 e. The fraction of sp³-hybridized carbons (Fsp3) is 0.200. The van der Waals surface area contributed by atoms with Crippen molar-refractivity contribution < 1.29 is 23.9 Å². The van der Waals surface area contributed by atoms with E-state index in [1.54, 1.807) is 7.05 Å². The summed E-state index contributed by atoms with van der Waals surface area (Å²) in [6, 6.07) is 5.48. The molecule has 2 amide bonds. The van der Waals surface area contributed by atoms with E-state index in [0.29, 0.717) is 15.0 Å². The van der Waals surface area contributed by atoms with Gasteiger partial charge in [0.15, 0.2) is 10.1 Å². The van der Waals surface area contributed by atoms with Crippen molar-refractivity contribution in [3.63, 3.8) is 0 Å². The van der Waals surface area contributed by atoms with E-state index < -0.39 is 23.4 Å². The van der Waals surface area contributed by atoms with E-state index in [0.717, 1.165) is 23.1 Å². The molecule has 0 spiro atoms. The Kier molecular flexibility index (Phi) is 7.52. The Morgan fingerprint density at radius 2 is 2.07 bits per heavy atom. The third-order valence-electron chi connectivity index (χ3n) is 3.05. The summed E-state index contributed by atoms with van der Waals surface area (Å²) in [5.74, 6) is -2.84. The van der Waals surface area contributed by atoms with Gasteiger partial charge in [0.05, 0.1) is 19.7 Å². The van der Waals surface area contributed by atoms with Crippen LogP contribution in [0.15, 0.2) is 40.4 Å². The predicted octanol–water partition coefficient (Wildman–Crippen LogP) is 1.87. The lowest BCUT2D eigenvalue weighted by atomic mass is 10.2. The number of benzene rings is 1. The first-order valence-corrected chi connectivity index (χ1v) is 9.05. The minimum Gasteiger partial charge on any atom is -0.503 e. The Bertz CT molecular complexity index is 828. The molecular formula is C15H16FN5O4S2. The second kappa shape index (κ2) is 9.85. The largest absolute Gasteiger partial charge is 0.503 e. The van der Waals surface area contributed by atoms with Crippen LogP contribution in [-0.4, -0.2) is 46.3 Å². The number of aromatic nitrogens is 2. The van der Waals surface area contributed by atoms with Gasteiger partial charge in [-0.1, -0.05) is 23.5 Å². The maximum absolute atomic E-state index is 12.9. The first-order valence-electron chi connectivity index (χ1n) is 7.42. The number of anilines is 1. The summed E-state index contributed by atoms with van der Waals surface area (Å²) in [5.41, 5.74) is 0.608. The fourth-order valence-corrected chi connectivity index (χ4v) is 3.06. The molecule has 0 bridgehead atoms. The molecule has 144 valence electrons. The summed E-state index contributed by atoms with van der Waals surface area (Å²) < 4.78 is 15.7. The molecule has 0 aliphatic rings. The van der Waals surface area contributed by atoms with E-state index in [9.17, 15) is 19.1 Å². The van der Waals surface area contributed by atoms with Crippen LogP contribution in [0.5, 0.6) is 0 Å². The number of hydrogen-bond donors (Lipinski definition) is 3. The van der Waals surface area contributed by atoms with Crippen LogP contribution in [0.25, 0.3) is 0 Å². The lowest BCUT2D eigenvalue weighted by Crippen LogP contribution is -2.29. The van der Waals surface area contributed by atoms with Gasteiger partial charge in [-0.25, -0.2) is 9.45 Å². The molecule has 2 aromatic rings. The molecule has 0 atom stereocenters. The number of rotatable bonds is 8. The molecule has 1 heterocycles. The lowest BCUT2D eigenvalue weighted by Gasteiger charge is -2.18. The summed E-state index contributed by atoms with van der Waals surface area (Å²) >= 11 is 2.05. The first kappa shape index (κ1) is 20.6. The molecule has 0 radical (unpaired) electrons. The first-order chi connectivity index (χ1) is 12.9. The topological polar surface area (TPSA) is 117 Å². The van der Waals surface area contributed by atoms with E-state index in [1.165, 1.54) is 42.7 Å². The zero-order chi connectivity index (χ0) is 19.8. The second-order valence-electron chi connectivity index (χ2n) is 4.87. The Morgan fingerprint density at radius 3 is 2.67 bits per heavy atom. The normalized spacial score (nSPS) is 11.1. The molecule has 0 saturated carbocycles. The van der Waals surface area contributed by atoms with Crippen molar-refractivity contribution in [1.82, 2.24) is 20.0 Å². The van der Waals surface area contributed by atoms with E-state index in [-0.39, 0.29) is 6.54 Å². The van der Waals surface area contributed by atoms with Crippen molar-refractivity contribution >= 4 is 40.2 Å². The Labute approximate surface area is 162 Å². The molecule has 3 N–H and O–H groups in total. The number of carbonyl (C=O) groups excluding carboxylic acids is 2. The quantitative estimate of drug-likeness (QED) is 0.260. The summed E-state index contributed by atoms with van der Waals surface area (Å²) in [6.45, 7) is 0.00728. The van der Waals surface area contributed by atoms with Crippen molar-refractivity contribution in [3.8, 4) is 0 Å². The molecule has 2 rings (SSSR count). The van der Waals surface area contributed by atoms with Gasteiger partial charge in [-0.15, -0.1) is 10.2 Å². The molecule has 12 heteroatoms. The number of carbonyl (C=O) groups is 2. The smallest absolute Gasteiger partial charge is 0.296 e. The Hall–Kier alpha value is -2.70. The van der Waals surface area contributed by atoms with Crippen LogP contribution in [0.2, 0.25) is 0 Å². The van der Waals surface area contributed by atoms with Crippen molar-refractivity contribution in [2.75, 3.05) is 19.5 Å². The zero-order valence-corrected chi connectivity index (χ0v) is 15.9. The number of hydroxylamine groups is 2. The second-order valence-corrected chi connectivity index (χ2v) is 6.90. The minimum absolute atomic E-state index is 0.00728. The van der Waals surface area contributed by atoms with Crippen molar-refractivity contribution in [2.45, 2.75) is 10.9 Å². The summed E-state index contributed by atoms with van der Waals surface area (Å²) in [4.78, 5) is 29.0. The zero-order valence-electron chi connectivity index (χ0n) is 14.3. The molecular weight excluding hydrogens is 397 g/mol. The van der Waals surface area contributed by atoms with E-state index in [4.69, 9.17) is 4.84 Å². The molecule has 1 aromatic carbocycles. The average Bonchev–Trinajstić information content (AvgIpc) is 3.13. The molecule has 9 nitrogen and oxygen atoms in total. The van der Waals surface area contributed by atoms with Gasteiger partial charge in [0.25, 0.3) is 11.8 Å². The molecule has 0 aliphatic heterocycles. The molecule has 1 aromatic heterocycles. The van der Waals surface area contributed by atoms with Crippen LogP contribution < -0.4 is 10.0 Å². The van der Waals surface area contributed by atoms with Crippen molar-refractivity contribution in [3.05, 3.63) is 47.5 Å². The monoisotopic (exact) mass is 413 g/mol. The summed E-state index contributed by atoms with van der Waals surface area (Å²) in [5, 5.41) is 21.7. The minimum atomic E-state index is -0.882. The maximum atomic E-state index is 12.9. The third-order valence-corrected chi connectivity index (χ3v) is 4.83. The SMILES string of the molecule is CNc1nnc(SNC(=O)/C(O)=C/C(=O)N(Cc2ccc(F)cc2)OC)s1. The molecule has 0 saturated heterocycles. The third kappa shape index (κ3) is 6.20. The number of halogens is 1. The molecule has 0 unspecified atom stereocenters. The molecule has 27 heavy (non-hydrogen) atoms. The number of nitrogens with zero attached hydrogens (tertiary/aromatic N) is 3. The number of aliphatic hydroxyl groups excluding tert-OH is 1. The molecule has 0 fully saturated rings. The highest BCUT2D eigenvalue weighted by atomic mass is 32.2. The number of nitrogens with one attached hydrogen (secondary N) is 2.